The van der Waals surface area contributed by atoms with Gasteiger partial charge in [0.15, 0.2) is 0 Å². The fourth-order valence-electron chi connectivity index (χ4n) is 3.51. The van der Waals surface area contributed by atoms with E-state index in [1.54, 1.807) is 0 Å². The third kappa shape index (κ3) is 2.09. The minimum absolute atomic E-state index is 0.213. The Bertz CT molecular complexity index is 261. The molecule has 1 heteroatoms. The lowest BCUT2D eigenvalue weighted by atomic mass is 9.65. The van der Waals surface area contributed by atoms with Gasteiger partial charge in [0.25, 0.3) is 0 Å². The van der Waals surface area contributed by atoms with Gasteiger partial charge >= 0.3 is 0 Å². The second-order valence-electron chi connectivity index (χ2n) is 5.39. The summed E-state index contributed by atoms with van der Waals surface area (Å²) >= 11 is 0. The van der Waals surface area contributed by atoms with Gasteiger partial charge in [-0.1, -0.05) is 26.8 Å². The highest BCUT2D eigenvalue weighted by Crippen LogP contribution is 2.55. The van der Waals surface area contributed by atoms with Crippen LogP contribution in [0.1, 0.15) is 46.5 Å². The molecule has 0 spiro atoms. The van der Waals surface area contributed by atoms with Gasteiger partial charge in [-0.2, -0.15) is 5.26 Å². The Morgan fingerprint density at radius 3 is 2.67 bits per heavy atom. The predicted molar refractivity (Wildman–Crippen MR) is 64.2 cm³/mol. The predicted octanol–water partition coefficient (Wildman–Crippen LogP) is 4.16. The summed E-state index contributed by atoms with van der Waals surface area (Å²) in [6, 6.07) is 2.40. The molecule has 0 aliphatic heterocycles. The highest BCUT2D eigenvalue weighted by Gasteiger charge is 2.47. The summed E-state index contributed by atoms with van der Waals surface area (Å²) in [5.41, 5.74) is 0.213. The molecule has 3 atom stereocenters. The van der Waals surface area contributed by atoms with E-state index in [4.69, 9.17) is 5.26 Å². The third-order valence-electron chi connectivity index (χ3n) is 4.37. The SMILES string of the molecule is C=CC[C@@]1(CC#N)[C@H](C)CC[C@@H]1C(C)C. The first-order valence-electron chi connectivity index (χ1n) is 6.06. The maximum atomic E-state index is 9.05. The smallest absolute Gasteiger partial charge is 0.0627 e. The number of allylic oxidation sites excluding steroid dienone is 1. The van der Waals surface area contributed by atoms with Gasteiger partial charge in [0, 0.05) is 6.42 Å². The van der Waals surface area contributed by atoms with E-state index in [2.05, 4.69) is 33.4 Å². The molecule has 0 N–H and O–H groups in total. The number of hydrogen-bond donors (Lipinski definition) is 0. The molecule has 0 aromatic rings. The molecule has 0 saturated heterocycles. The molecule has 0 bridgehead atoms. The molecule has 0 aromatic heterocycles. The summed E-state index contributed by atoms with van der Waals surface area (Å²) in [5.74, 6) is 2.05. The topological polar surface area (TPSA) is 23.8 Å². The van der Waals surface area contributed by atoms with Crippen LogP contribution in [0.25, 0.3) is 0 Å². The van der Waals surface area contributed by atoms with Crippen LogP contribution in [0.2, 0.25) is 0 Å². The number of hydrogen-bond acceptors (Lipinski definition) is 1. The summed E-state index contributed by atoms with van der Waals surface area (Å²) in [5, 5.41) is 9.05. The summed E-state index contributed by atoms with van der Waals surface area (Å²) in [7, 11) is 0. The first-order valence-corrected chi connectivity index (χ1v) is 6.06. The lowest BCUT2D eigenvalue weighted by Crippen LogP contribution is -2.33. The summed E-state index contributed by atoms with van der Waals surface area (Å²) in [6.07, 6.45) is 6.27. The summed E-state index contributed by atoms with van der Waals surface area (Å²) < 4.78 is 0. The van der Waals surface area contributed by atoms with Gasteiger partial charge < -0.3 is 0 Å². The van der Waals surface area contributed by atoms with Crippen molar-refractivity contribution in [3.8, 4) is 6.07 Å². The summed E-state index contributed by atoms with van der Waals surface area (Å²) in [6.45, 7) is 10.8. The second kappa shape index (κ2) is 4.84. The van der Waals surface area contributed by atoms with E-state index in [0.29, 0.717) is 24.2 Å². The van der Waals surface area contributed by atoms with Crippen LogP contribution in [0.4, 0.5) is 0 Å². The average molecular weight is 205 g/mol. The zero-order valence-electron chi connectivity index (χ0n) is 10.3. The maximum absolute atomic E-state index is 9.05. The van der Waals surface area contributed by atoms with Crippen molar-refractivity contribution in [3.63, 3.8) is 0 Å². The van der Waals surface area contributed by atoms with E-state index >= 15 is 0 Å². The van der Waals surface area contributed by atoms with Crippen molar-refractivity contribution >= 4 is 0 Å². The maximum Gasteiger partial charge on any atom is 0.0627 e. The average Bonchev–Trinajstić information content (AvgIpc) is 2.46. The van der Waals surface area contributed by atoms with Crippen molar-refractivity contribution in [1.29, 1.82) is 5.26 Å². The van der Waals surface area contributed by atoms with E-state index in [0.717, 1.165) is 6.42 Å². The lowest BCUT2D eigenvalue weighted by molar-refractivity contribution is 0.114. The van der Waals surface area contributed by atoms with E-state index < -0.39 is 0 Å². The van der Waals surface area contributed by atoms with Crippen molar-refractivity contribution in [2.75, 3.05) is 0 Å². The van der Waals surface area contributed by atoms with Gasteiger partial charge in [0.2, 0.25) is 0 Å². The van der Waals surface area contributed by atoms with Crippen LogP contribution in [-0.2, 0) is 0 Å². The number of nitriles is 1. The number of rotatable bonds is 4. The van der Waals surface area contributed by atoms with Gasteiger partial charge in [-0.25, -0.2) is 0 Å². The molecule has 1 fully saturated rings. The number of nitrogens with zero attached hydrogens (tertiary/aromatic N) is 1. The fourth-order valence-corrected chi connectivity index (χ4v) is 3.51. The molecule has 1 aliphatic carbocycles. The standard InChI is InChI=1S/C14H23N/c1-5-8-14(9-10-15)12(4)6-7-13(14)11(2)3/h5,11-13H,1,6-9H2,2-4H3/t12-,13-,14-/m1/s1. The third-order valence-corrected chi connectivity index (χ3v) is 4.37. The Morgan fingerprint density at radius 1 is 1.53 bits per heavy atom. The molecule has 0 unspecified atom stereocenters. The van der Waals surface area contributed by atoms with Crippen LogP contribution >= 0.6 is 0 Å². The molecule has 0 heterocycles. The Morgan fingerprint density at radius 2 is 2.20 bits per heavy atom. The highest BCUT2D eigenvalue weighted by molar-refractivity contribution is 5.04. The van der Waals surface area contributed by atoms with E-state index in [-0.39, 0.29) is 5.41 Å². The van der Waals surface area contributed by atoms with Crippen LogP contribution < -0.4 is 0 Å². The Balaban J connectivity index is 2.98. The molecule has 1 nitrogen and oxygen atoms in total. The monoisotopic (exact) mass is 205 g/mol. The zero-order valence-corrected chi connectivity index (χ0v) is 10.3. The first kappa shape index (κ1) is 12.3. The van der Waals surface area contributed by atoms with Crippen LogP contribution in [0, 0.1) is 34.5 Å². The van der Waals surface area contributed by atoms with Crippen molar-refractivity contribution < 1.29 is 0 Å². The Labute approximate surface area is 94.2 Å². The van der Waals surface area contributed by atoms with Gasteiger partial charge in [-0.05, 0) is 42.4 Å². The molecule has 1 saturated carbocycles. The van der Waals surface area contributed by atoms with Gasteiger partial charge in [0.1, 0.15) is 0 Å². The molecule has 0 amide bonds. The van der Waals surface area contributed by atoms with Crippen LogP contribution in [0.5, 0.6) is 0 Å². The fraction of sp³-hybridized carbons (Fsp3) is 0.786. The van der Waals surface area contributed by atoms with Crippen molar-refractivity contribution in [2.45, 2.75) is 46.5 Å². The molecule has 1 aliphatic rings. The zero-order chi connectivity index (χ0) is 11.5. The van der Waals surface area contributed by atoms with Crippen molar-refractivity contribution in [1.82, 2.24) is 0 Å². The van der Waals surface area contributed by atoms with Crippen molar-refractivity contribution in [3.05, 3.63) is 12.7 Å². The van der Waals surface area contributed by atoms with E-state index in [1.807, 2.05) is 6.08 Å². The van der Waals surface area contributed by atoms with Crippen LogP contribution in [0.15, 0.2) is 12.7 Å². The lowest BCUT2D eigenvalue weighted by Gasteiger charge is -2.39. The summed E-state index contributed by atoms with van der Waals surface area (Å²) in [4.78, 5) is 0. The van der Waals surface area contributed by atoms with Crippen LogP contribution in [0.3, 0.4) is 0 Å². The second-order valence-corrected chi connectivity index (χ2v) is 5.39. The normalized spacial score (nSPS) is 35.4. The minimum atomic E-state index is 0.213. The van der Waals surface area contributed by atoms with Gasteiger partial charge in [0.05, 0.1) is 6.07 Å². The molecule has 1 rings (SSSR count). The highest BCUT2D eigenvalue weighted by atomic mass is 14.5. The minimum Gasteiger partial charge on any atom is -0.198 e. The molecular formula is C14H23N. The quantitative estimate of drug-likeness (QED) is 0.632. The van der Waals surface area contributed by atoms with Gasteiger partial charge in [-0.3, -0.25) is 0 Å². The van der Waals surface area contributed by atoms with E-state index in [1.165, 1.54) is 12.8 Å². The van der Waals surface area contributed by atoms with Crippen LogP contribution in [-0.4, -0.2) is 0 Å². The molecule has 0 radical (unpaired) electrons. The molecule has 15 heavy (non-hydrogen) atoms. The Kier molecular flexibility index (Phi) is 3.97. The molecule has 84 valence electrons. The first-order chi connectivity index (χ1) is 7.08. The molecule has 0 aromatic carbocycles. The largest absolute Gasteiger partial charge is 0.198 e. The van der Waals surface area contributed by atoms with Crippen molar-refractivity contribution in [2.24, 2.45) is 23.2 Å². The molecular weight excluding hydrogens is 182 g/mol. The Hall–Kier alpha value is -0.770. The van der Waals surface area contributed by atoms with E-state index in [9.17, 15) is 0 Å². The van der Waals surface area contributed by atoms with Gasteiger partial charge in [-0.15, -0.1) is 6.58 Å².